The zero-order chi connectivity index (χ0) is 18.5. The molecule has 0 radical (unpaired) electrons. The van der Waals surface area contributed by atoms with Crippen LogP contribution in [0, 0.1) is 11.3 Å². The Kier molecular flexibility index (Phi) is 4.79. The fourth-order valence-electron chi connectivity index (χ4n) is 3.07. The van der Waals surface area contributed by atoms with Gasteiger partial charge in [-0.05, 0) is 30.3 Å². The van der Waals surface area contributed by atoms with Gasteiger partial charge in [0.15, 0.2) is 0 Å². The molecule has 27 heavy (non-hydrogen) atoms. The van der Waals surface area contributed by atoms with Gasteiger partial charge >= 0.3 is 0 Å². The summed E-state index contributed by atoms with van der Waals surface area (Å²) in [6, 6.07) is 17.3. The fourth-order valence-corrected chi connectivity index (χ4v) is 3.07. The van der Waals surface area contributed by atoms with Crippen LogP contribution in [0.1, 0.15) is 5.56 Å². The molecular formula is C20H19N7. The lowest BCUT2D eigenvalue weighted by atomic mass is 10.2. The third kappa shape index (κ3) is 3.80. The van der Waals surface area contributed by atoms with Crippen LogP contribution >= 0.6 is 0 Å². The maximum absolute atomic E-state index is 9.23. The fraction of sp³-hybridized carbons (Fsp3) is 0.200. The van der Waals surface area contributed by atoms with Crippen molar-refractivity contribution in [2.45, 2.75) is 0 Å². The summed E-state index contributed by atoms with van der Waals surface area (Å²) in [6.07, 6.45) is 3.56. The van der Waals surface area contributed by atoms with E-state index >= 15 is 0 Å². The maximum atomic E-state index is 9.23. The van der Waals surface area contributed by atoms with E-state index in [9.17, 15) is 5.26 Å². The first-order valence-electron chi connectivity index (χ1n) is 8.83. The minimum absolute atomic E-state index is 0.585. The molecule has 7 heteroatoms. The molecule has 0 aliphatic carbocycles. The predicted octanol–water partition coefficient (Wildman–Crippen LogP) is 2.81. The Morgan fingerprint density at radius 1 is 0.852 bits per heavy atom. The smallest absolute Gasteiger partial charge is 0.227 e. The van der Waals surface area contributed by atoms with Crippen LogP contribution in [0.15, 0.2) is 60.9 Å². The number of benzene rings is 1. The van der Waals surface area contributed by atoms with E-state index in [1.54, 1.807) is 12.3 Å². The van der Waals surface area contributed by atoms with Gasteiger partial charge in [0.2, 0.25) is 5.95 Å². The van der Waals surface area contributed by atoms with Gasteiger partial charge in [-0.1, -0.05) is 18.2 Å². The van der Waals surface area contributed by atoms with Gasteiger partial charge < -0.3 is 15.1 Å². The van der Waals surface area contributed by atoms with Crippen molar-refractivity contribution in [1.82, 2.24) is 15.0 Å². The summed E-state index contributed by atoms with van der Waals surface area (Å²) in [6.45, 7) is 3.40. The molecule has 2 aromatic heterocycles. The lowest BCUT2D eigenvalue weighted by Crippen LogP contribution is -2.47. The maximum Gasteiger partial charge on any atom is 0.227 e. The number of pyridine rings is 1. The molecule has 7 nitrogen and oxygen atoms in total. The normalized spacial score (nSPS) is 13.9. The molecule has 1 aliphatic heterocycles. The molecule has 1 N–H and O–H groups in total. The molecule has 1 aliphatic rings. The van der Waals surface area contributed by atoms with Crippen LogP contribution in [0.2, 0.25) is 0 Å². The molecule has 134 valence electrons. The van der Waals surface area contributed by atoms with Crippen LogP contribution in [0.4, 0.5) is 23.3 Å². The highest BCUT2D eigenvalue weighted by atomic mass is 15.3. The Hall–Kier alpha value is -3.66. The van der Waals surface area contributed by atoms with Crippen LogP contribution in [-0.2, 0) is 0 Å². The molecule has 0 bridgehead atoms. The largest absolute Gasteiger partial charge is 0.353 e. The van der Waals surface area contributed by atoms with Crippen molar-refractivity contribution in [3.8, 4) is 6.07 Å². The number of nitriles is 1. The quantitative estimate of drug-likeness (QED) is 0.769. The average Bonchev–Trinajstić information content (AvgIpc) is 2.75. The summed E-state index contributed by atoms with van der Waals surface area (Å²) in [7, 11) is 0. The van der Waals surface area contributed by atoms with Crippen LogP contribution in [-0.4, -0.2) is 41.1 Å². The molecule has 0 spiro atoms. The third-order valence-electron chi connectivity index (χ3n) is 4.49. The van der Waals surface area contributed by atoms with Gasteiger partial charge in [0.05, 0.1) is 11.3 Å². The minimum atomic E-state index is 0.585. The van der Waals surface area contributed by atoms with Crippen LogP contribution in [0.5, 0.6) is 0 Å². The number of anilines is 4. The molecule has 4 rings (SSSR count). The molecule has 3 aromatic rings. The molecule has 1 saturated heterocycles. The molecule has 0 unspecified atom stereocenters. The highest BCUT2D eigenvalue weighted by molar-refractivity contribution is 5.64. The van der Waals surface area contributed by atoms with E-state index in [2.05, 4.69) is 36.1 Å². The lowest BCUT2D eigenvalue weighted by molar-refractivity contribution is 0.635. The Balaban J connectivity index is 1.45. The van der Waals surface area contributed by atoms with E-state index in [1.807, 2.05) is 48.7 Å². The number of nitrogens with one attached hydrogen (secondary N) is 1. The Bertz CT molecular complexity index is 944. The topological polar surface area (TPSA) is 81.0 Å². The number of nitrogens with zero attached hydrogens (tertiary/aromatic N) is 6. The van der Waals surface area contributed by atoms with Gasteiger partial charge in [-0.3, -0.25) is 0 Å². The van der Waals surface area contributed by atoms with E-state index in [4.69, 9.17) is 0 Å². The van der Waals surface area contributed by atoms with Gasteiger partial charge in [-0.15, -0.1) is 0 Å². The minimum Gasteiger partial charge on any atom is -0.353 e. The van der Waals surface area contributed by atoms with Gasteiger partial charge in [0.25, 0.3) is 0 Å². The van der Waals surface area contributed by atoms with Gasteiger partial charge in [0, 0.05) is 38.6 Å². The van der Waals surface area contributed by atoms with E-state index in [0.717, 1.165) is 37.7 Å². The van der Waals surface area contributed by atoms with Crippen LogP contribution in [0.25, 0.3) is 0 Å². The van der Waals surface area contributed by atoms with Crippen molar-refractivity contribution in [3.63, 3.8) is 0 Å². The third-order valence-corrected chi connectivity index (χ3v) is 4.49. The first-order chi connectivity index (χ1) is 13.3. The number of piperazine rings is 1. The molecule has 0 saturated carbocycles. The molecule has 3 heterocycles. The second-order valence-electron chi connectivity index (χ2n) is 6.19. The SMILES string of the molecule is N#Cc1ccccc1Nc1ccnc(N2CCN(c3ccccn3)CC2)n1. The highest BCUT2D eigenvalue weighted by Crippen LogP contribution is 2.21. The van der Waals surface area contributed by atoms with E-state index in [0.29, 0.717) is 17.3 Å². The summed E-state index contributed by atoms with van der Waals surface area (Å²) < 4.78 is 0. The van der Waals surface area contributed by atoms with Crippen LogP contribution < -0.4 is 15.1 Å². The number of hydrogen-bond acceptors (Lipinski definition) is 7. The van der Waals surface area contributed by atoms with Crippen LogP contribution in [0.3, 0.4) is 0 Å². The van der Waals surface area contributed by atoms with Crippen molar-refractivity contribution < 1.29 is 0 Å². The number of aromatic nitrogens is 3. The summed E-state index contributed by atoms with van der Waals surface area (Å²) in [4.78, 5) is 17.9. The monoisotopic (exact) mass is 357 g/mol. The van der Waals surface area contributed by atoms with E-state index < -0.39 is 0 Å². The second-order valence-corrected chi connectivity index (χ2v) is 6.19. The second kappa shape index (κ2) is 7.70. The summed E-state index contributed by atoms with van der Waals surface area (Å²) >= 11 is 0. The Labute approximate surface area is 157 Å². The lowest BCUT2D eigenvalue weighted by Gasteiger charge is -2.35. The van der Waals surface area contributed by atoms with Crippen molar-refractivity contribution in [3.05, 3.63) is 66.5 Å². The van der Waals surface area contributed by atoms with Crippen molar-refractivity contribution in [2.75, 3.05) is 41.3 Å². The van der Waals surface area contributed by atoms with E-state index in [1.165, 1.54) is 0 Å². The number of para-hydroxylation sites is 1. The molecule has 1 fully saturated rings. The summed E-state index contributed by atoms with van der Waals surface area (Å²) in [5, 5.41) is 12.4. The van der Waals surface area contributed by atoms with Gasteiger partial charge in [-0.2, -0.15) is 10.2 Å². The zero-order valence-corrected chi connectivity index (χ0v) is 14.8. The highest BCUT2D eigenvalue weighted by Gasteiger charge is 2.20. The van der Waals surface area contributed by atoms with Crippen molar-refractivity contribution >= 4 is 23.3 Å². The Morgan fingerprint density at radius 3 is 2.41 bits per heavy atom. The Morgan fingerprint density at radius 2 is 1.63 bits per heavy atom. The first kappa shape index (κ1) is 16.8. The summed E-state index contributed by atoms with van der Waals surface area (Å²) in [5.41, 5.74) is 1.33. The van der Waals surface area contributed by atoms with Crippen molar-refractivity contribution in [2.24, 2.45) is 0 Å². The molecular weight excluding hydrogens is 338 g/mol. The predicted molar refractivity (Wildman–Crippen MR) is 105 cm³/mol. The van der Waals surface area contributed by atoms with Crippen molar-refractivity contribution in [1.29, 1.82) is 5.26 Å². The number of rotatable bonds is 4. The van der Waals surface area contributed by atoms with E-state index in [-0.39, 0.29) is 0 Å². The molecule has 1 aromatic carbocycles. The first-order valence-corrected chi connectivity index (χ1v) is 8.83. The van der Waals surface area contributed by atoms with Gasteiger partial charge in [-0.25, -0.2) is 9.97 Å². The standard InChI is InChI=1S/C20H19N7/c21-15-16-5-1-2-6-17(16)24-18-8-10-23-20(25-18)27-13-11-26(12-14-27)19-7-3-4-9-22-19/h1-10H,11-14H2,(H,23,24,25). The number of hydrogen-bond donors (Lipinski definition) is 1. The molecule has 0 amide bonds. The van der Waals surface area contributed by atoms with Gasteiger partial charge in [0.1, 0.15) is 17.7 Å². The summed E-state index contributed by atoms with van der Waals surface area (Å²) in [5.74, 6) is 2.37. The molecule has 0 atom stereocenters. The zero-order valence-electron chi connectivity index (χ0n) is 14.8. The average molecular weight is 357 g/mol.